The van der Waals surface area contributed by atoms with E-state index in [0.717, 1.165) is 56.0 Å². The maximum atomic E-state index is 14.5. The monoisotopic (exact) mass is 510 g/mol. The number of carbonyl (C=O) groups excluding carboxylic acids is 1. The zero-order valence-electron chi connectivity index (χ0n) is 21.5. The molecule has 7 heteroatoms. The molecule has 6 rings (SSSR count). The zero-order valence-corrected chi connectivity index (χ0v) is 21.5. The van der Waals surface area contributed by atoms with Gasteiger partial charge in [0.25, 0.3) is 5.91 Å². The lowest BCUT2D eigenvalue weighted by molar-refractivity contribution is 0.0722. The van der Waals surface area contributed by atoms with Crippen LogP contribution in [0.5, 0.6) is 5.75 Å². The van der Waals surface area contributed by atoms with Crippen molar-refractivity contribution in [1.29, 1.82) is 0 Å². The van der Waals surface area contributed by atoms with Gasteiger partial charge in [-0.15, -0.1) is 0 Å². The van der Waals surface area contributed by atoms with Crippen molar-refractivity contribution in [2.24, 2.45) is 0 Å². The number of hydrogen-bond acceptors (Lipinski definition) is 4. The minimum absolute atomic E-state index is 0.122. The molecule has 0 saturated heterocycles. The Kier molecular flexibility index (Phi) is 6.68. The molecule has 38 heavy (non-hydrogen) atoms. The van der Waals surface area contributed by atoms with Crippen LogP contribution in [0, 0.1) is 5.82 Å². The van der Waals surface area contributed by atoms with Crippen molar-refractivity contribution >= 4 is 5.91 Å². The average molecular weight is 511 g/mol. The van der Waals surface area contributed by atoms with Crippen molar-refractivity contribution in [3.63, 3.8) is 0 Å². The van der Waals surface area contributed by atoms with Gasteiger partial charge in [0.15, 0.2) is 0 Å². The number of carbonyl (C=O) groups is 1. The summed E-state index contributed by atoms with van der Waals surface area (Å²) in [5.74, 6) is 0.103. The average Bonchev–Trinajstić information content (AvgIpc) is 3.74. The summed E-state index contributed by atoms with van der Waals surface area (Å²) in [4.78, 5) is 17.7. The van der Waals surface area contributed by atoms with Crippen LogP contribution in [0.15, 0.2) is 78.9 Å². The second-order valence-corrected chi connectivity index (χ2v) is 10.1. The van der Waals surface area contributed by atoms with E-state index < -0.39 is 5.82 Å². The summed E-state index contributed by atoms with van der Waals surface area (Å²) in [6.45, 7) is 2.85. The maximum absolute atomic E-state index is 14.5. The first-order chi connectivity index (χ1) is 18.6. The lowest BCUT2D eigenvalue weighted by Gasteiger charge is -2.29. The number of methoxy groups -OCH3 is 1. The Bertz CT molecular complexity index is 1430. The van der Waals surface area contributed by atoms with Gasteiger partial charge in [-0.05, 0) is 54.8 Å². The second kappa shape index (κ2) is 10.4. The third-order valence-corrected chi connectivity index (χ3v) is 7.46. The summed E-state index contributed by atoms with van der Waals surface area (Å²) < 4.78 is 21.9. The van der Waals surface area contributed by atoms with Gasteiger partial charge in [0.1, 0.15) is 11.6 Å². The predicted octanol–water partition coefficient (Wildman–Crippen LogP) is 5.38. The molecule has 2 heterocycles. The van der Waals surface area contributed by atoms with Crippen molar-refractivity contribution < 1.29 is 13.9 Å². The fourth-order valence-electron chi connectivity index (χ4n) is 5.28. The number of halogens is 1. The van der Waals surface area contributed by atoms with E-state index in [1.54, 1.807) is 25.3 Å². The van der Waals surface area contributed by atoms with Gasteiger partial charge in [0.05, 0.1) is 36.3 Å². The molecule has 1 amide bonds. The number of amides is 1. The molecule has 0 unspecified atom stereocenters. The van der Waals surface area contributed by atoms with Gasteiger partial charge < -0.3 is 9.64 Å². The lowest BCUT2D eigenvalue weighted by Crippen LogP contribution is -2.35. The predicted molar refractivity (Wildman–Crippen MR) is 144 cm³/mol. The van der Waals surface area contributed by atoms with Crippen LogP contribution in [-0.4, -0.2) is 45.2 Å². The van der Waals surface area contributed by atoms with Gasteiger partial charge >= 0.3 is 0 Å². The van der Waals surface area contributed by atoms with Crippen molar-refractivity contribution in [1.82, 2.24) is 19.6 Å². The van der Waals surface area contributed by atoms with Crippen LogP contribution in [0.2, 0.25) is 0 Å². The second-order valence-electron chi connectivity index (χ2n) is 10.1. The van der Waals surface area contributed by atoms with E-state index in [4.69, 9.17) is 9.84 Å². The van der Waals surface area contributed by atoms with E-state index in [1.165, 1.54) is 22.9 Å². The zero-order chi connectivity index (χ0) is 26.1. The first-order valence-corrected chi connectivity index (χ1v) is 13.2. The van der Waals surface area contributed by atoms with Gasteiger partial charge in [-0.2, -0.15) is 5.10 Å². The van der Waals surface area contributed by atoms with Gasteiger partial charge in [-0.3, -0.25) is 9.69 Å². The highest BCUT2D eigenvalue weighted by molar-refractivity contribution is 5.94. The van der Waals surface area contributed by atoms with Crippen LogP contribution >= 0.6 is 0 Å². The van der Waals surface area contributed by atoms with Gasteiger partial charge in [-0.1, -0.05) is 42.5 Å². The minimum Gasteiger partial charge on any atom is -0.497 e. The molecular weight excluding hydrogens is 479 g/mol. The molecule has 1 aliphatic carbocycles. The Morgan fingerprint density at radius 1 is 1.03 bits per heavy atom. The Morgan fingerprint density at radius 3 is 2.47 bits per heavy atom. The van der Waals surface area contributed by atoms with Crippen LogP contribution in [0.4, 0.5) is 4.39 Å². The standard InChI is InChI=1S/C31H31FN4O2/c1-38-25-15-11-22(12-16-25)19-34-18-17-30-27(20-34)29(33-36(30)24-7-3-2-4-8-24)21-35(23-13-14-23)31(37)26-9-5-6-10-28(26)32/h2-12,15-16,23H,13-14,17-21H2,1H3. The number of hydrogen-bond donors (Lipinski definition) is 0. The maximum Gasteiger partial charge on any atom is 0.257 e. The summed E-state index contributed by atoms with van der Waals surface area (Å²) >= 11 is 0. The number of benzene rings is 3. The third kappa shape index (κ3) is 4.94. The number of aromatic nitrogens is 2. The van der Waals surface area contributed by atoms with Crippen LogP contribution in [0.1, 0.15) is 45.7 Å². The van der Waals surface area contributed by atoms with E-state index in [9.17, 15) is 9.18 Å². The number of rotatable bonds is 8. The Balaban J connectivity index is 1.32. The molecule has 0 atom stereocenters. The Morgan fingerprint density at radius 2 is 1.76 bits per heavy atom. The fraction of sp³-hybridized carbons (Fsp3) is 0.290. The molecule has 1 saturated carbocycles. The summed E-state index contributed by atoms with van der Waals surface area (Å²) in [5.41, 5.74) is 5.60. The molecule has 0 spiro atoms. The molecule has 6 nitrogen and oxygen atoms in total. The number of para-hydroxylation sites is 1. The third-order valence-electron chi connectivity index (χ3n) is 7.46. The lowest BCUT2D eigenvalue weighted by atomic mass is 10.0. The van der Waals surface area contributed by atoms with Crippen molar-refractivity contribution in [3.8, 4) is 11.4 Å². The van der Waals surface area contributed by atoms with Crippen molar-refractivity contribution in [2.45, 2.75) is 44.9 Å². The van der Waals surface area contributed by atoms with Gasteiger partial charge in [-0.25, -0.2) is 9.07 Å². The fourth-order valence-corrected chi connectivity index (χ4v) is 5.28. The Labute approximate surface area is 222 Å². The van der Waals surface area contributed by atoms with E-state index >= 15 is 0 Å². The van der Waals surface area contributed by atoms with Crippen molar-refractivity contribution in [2.75, 3.05) is 13.7 Å². The van der Waals surface area contributed by atoms with Gasteiger partial charge in [0.2, 0.25) is 0 Å². The number of ether oxygens (including phenoxy) is 1. The summed E-state index contributed by atoms with van der Waals surface area (Å²) in [6.07, 6.45) is 2.73. The number of nitrogens with zero attached hydrogens (tertiary/aromatic N) is 4. The quantitative estimate of drug-likeness (QED) is 0.319. The molecule has 1 aromatic heterocycles. The normalized spacial score (nSPS) is 15.2. The van der Waals surface area contributed by atoms with E-state index in [2.05, 4.69) is 29.2 Å². The molecule has 1 fully saturated rings. The van der Waals surface area contributed by atoms with E-state index in [-0.39, 0.29) is 17.5 Å². The first-order valence-electron chi connectivity index (χ1n) is 13.2. The number of fused-ring (bicyclic) bond motifs is 1. The molecule has 0 radical (unpaired) electrons. The largest absolute Gasteiger partial charge is 0.497 e. The van der Waals surface area contributed by atoms with Crippen LogP contribution in [0.3, 0.4) is 0 Å². The molecule has 1 aliphatic heterocycles. The highest BCUT2D eigenvalue weighted by Gasteiger charge is 2.36. The smallest absolute Gasteiger partial charge is 0.257 e. The highest BCUT2D eigenvalue weighted by atomic mass is 19.1. The SMILES string of the molecule is COc1ccc(CN2CCc3c(c(CN(C(=O)c4ccccc4F)C4CC4)nn3-c3ccccc3)C2)cc1. The molecular formula is C31H31FN4O2. The van der Waals surface area contributed by atoms with Crippen LogP contribution < -0.4 is 4.74 Å². The van der Waals surface area contributed by atoms with Crippen LogP contribution in [0.25, 0.3) is 5.69 Å². The van der Waals surface area contributed by atoms with Crippen molar-refractivity contribution in [3.05, 3.63) is 113 Å². The Hall–Kier alpha value is -3.97. The van der Waals surface area contributed by atoms with Gasteiger partial charge in [0, 0.05) is 37.7 Å². The summed E-state index contributed by atoms with van der Waals surface area (Å²) in [6, 6.07) is 24.7. The van der Waals surface area contributed by atoms with E-state index in [0.29, 0.717) is 6.54 Å². The molecule has 4 aromatic rings. The minimum atomic E-state index is -0.481. The molecule has 0 N–H and O–H groups in total. The molecule has 3 aromatic carbocycles. The first kappa shape index (κ1) is 24.4. The highest BCUT2D eigenvalue weighted by Crippen LogP contribution is 2.33. The summed E-state index contributed by atoms with van der Waals surface area (Å²) in [7, 11) is 1.68. The summed E-state index contributed by atoms with van der Waals surface area (Å²) in [5, 5.41) is 5.06. The molecule has 0 bridgehead atoms. The topological polar surface area (TPSA) is 50.6 Å². The molecule has 194 valence electrons. The molecule has 2 aliphatic rings. The van der Waals surface area contributed by atoms with Crippen LogP contribution in [-0.2, 0) is 26.1 Å². The van der Waals surface area contributed by atoms with E-state index in [1.807, 2.05) is 39.9 Å².